The van der Waals surface area contributed by atoms with Crippen LogP contribution in [-0.2, 0) is 0 Å². The van der Waals surface area contributed by atoms with E-state index in [-0.39, 0.29) is 5.91 Å². The SMILES string of the molecule is C=N/C=C(\N=CC)NC(=O)c1cccc(N)c1. The fraction of sp³-hybridized carbons (Fsp3) is 0.0833. The van der Waals surface area contributed by atoms with Crippen LogP contribution in [0.3, 0.4) is 0 Å². The number of rotatable bonds is 4. The first-order valence-electron chi connectivity index (χ1n) is 4.99. The first-order valence-corrected chi connectivity index (χ1v) is 4.99. The summed E-state index contributed by atoms with van der Waals surface area (Å²) in [7, 11) is 0. The lowest BCUT2D eigenvalue weighted by Gasteiger charge is -2.05. The predicted octanol–water partition coefficient (Wildman–Crippen LogP) is 1.59. The molecule has 5 heteroatoms. The van der Waals surface area contributed by atoms with Gasteiger partial charge in [0.25, 0.3) is 5.91 Å². The minimum atomic E-state index is -0.294. The van der Waals surface area contributed by atoms with Crippen LogP contribution >= 0.6 is 0 Å². The number of hydrogen-bond acceptors (Lipinski definition) is 4. The highest BCUT2D eigenvalue weighted by molar-refractivity contribution is 5.96. The van der Waals surface area contributed by atoms with E-state index in [1.54, 1.807) is 37.4 Å². The van der Waals surface area contributed by atoms with Gasteiger partial charge in [0.2, 0.25) is 0 Å². The lowest BCUT2D eigenvalue weighted by molar-refractivity contribution is 0.0965. The number of anilines is 1. The smallest absolute Gasteiger partial charge is 0.256 e. The van der Waals surface area contributed by atoms with E-state index in [9.17, 15) is 4.79 Å². The number of benzene rings is 1. The minimum absolute atomic E-state index is 0.294. The van der Waals surface area contributed by atoms with Crippen LogP contribution < -0.4 is 11.1 Å². The van der Waals surface area contributed by atoms with Gasteiger partial charge in [-0.15, -0.1) is 0 Å². The van der Waals surface area contributed by atoms with Gasteiger partial charge in [-0.05, 0) is 31.8 Å². The van der Waals surface area contributed by atoms with Crippen molar-refractivity contribution in [1.82, 2.24) is 5.32 Å². The number of carbonyl (C=O) groups excluding carboxylic acids is 1. The van der Waals surface area contributed by atoms with Gasteiger partial charge in [0, 0.05) is 17.5 Å². The van der Waals surface area contributed by atoms with Crippen molar-refractivity contribution in [3.63, 3.8) is 0 Å². The highest BCUT2D eigenvalue weighted by Crippen LogP contribution is 2.07. The van der Waals surface area contributed by atoms with Crippen LogP contribution in [0.15, 0.2) is 46.3 Å². The van der Waals surface area contributed by atoms with Gasteiger partial charge in [0.05, 0.1) is 6.20 Å². The third-order valence-corrected chi connectivity index (χ3v) is 1.87. The lowest BCUT2D eigenvalue weighted by Crippen LogP contribution is -2.22. The molecule has 1 aromatic rings. The zero-order valence-electron chi connectivity index (χ0n) is 9.55. The molecule has 0 saturated heterocycles. The Kier molecular flexibility index (Phi) is 4.62. The summed E-state index contributed by atoms with van der Waals surface area (Å²) in [4.78, 5) is 19.3. The van der Waals surface area contributed by atoms with Gasteiger partial charge in [0.1, 0.15) is 0 Å². The molecule has 3 N–H and O–H groups in total. The van der Waals surface area contributed by atoms with Crippen molar-refractivity contribution >= 4 is 24.5 Å². The Bertz CT molecular complexity index is 477. The highest BCUT2D eigenvalue weighted by Gasteiger charge is 2.06. The molecule has 0 fully saturated rings. The summed E-state index contributed by atoms with van der Waals surface area (Å²) in [6, 6.07) is 6.68. The molecule has 1 amide bonds. The van der Waals surface area contributed by atoms with Crippen molar-refractivity contribution in [2.75, 3.05) is 5.73 Å². The molecule has 1 aromatic carbocycles. The van der Waals surface area contributed by atoms with Crippen molar-refractivity contribution in [3.05, 3.63) is 41.8 Å². The van der Waals surface area contributed by atoms with Gasteiger partial charge >= 0.3 is 0 Å². The standard InChI is InChI=1S/C12H14N4O/c1-3-15-11(8-14-2)16-12(17)9-5-4-6-10(13)7-9/h3-8H,2,13H2,1H3,(H,16,17)/b11-8+,15-3?. The van der Waals surface area contributed by atoms with E-state index in [2.05, 4.69) is 22.0 Å². The van der Waals surface area contributed by atoms with Crippen LogP contribution in [0.25, 0.3) is 0 Å². The molecular weight excluding hydrogens is 216 g/mol. The summed E-state index contributed by atoms with van der Waals surface area (Å²) < 4.78 is 0. The third-order valence-electron chi connectivity index (χ3n) is 1.87. The minimum Gasteiger partial charge on any atom is -0.399 e. The Morgan fingerprint density at radius 2 is 2.29 bits per heavy atom. The molecule has 17 heavy (non-hydrogen) atoms. The van der Waals surface area contributed by atoms with Gasteiger partial charge in [-0.25, -0.2) is 4.99 Å². The van der Waals surface area contributed by atoms with Crippen molar-refractivity contribution in [2.24, 2.45) is 9.98 Å². The normalized spacial score (nSPS) is 11.5. The molecule has 1 rings (SSSR count). The molecule has 0 saturated carbocycles. The number of nitrogens with two attached hydrogens (primary N) is 1. The Morgan fingerprint density at radius 1 is 1.53 bits per heavy atom. The van der Waals surface area contributed by atoms with Gasteiger partial charge in [-0.1, -0.05) is 6.07 Å². The number of nitrogens with one attached hydrogen (secondary N) is 1. The Balaban J connectivity index is 2.84. The largest absolute Gasteiger partial charge is 0.399 e. The quantitative estimate of drug-likeness (QED) is 0.608. The molecule has 5 nitrogen and oxygen atoms in total. The summed E-state index contributed by atoms with van der Waals surface area (Å²) in [5, 5.41) is 2.60. The molecule has 0 aliphatic heterocycles. The number of nitrogens with zero attached hydrogens (tertiary/aromatic N) is 2. The van der Waals surface area contributed by atoms with Crippen LogP contribution in [0.1, 0.15) is 17.3 Å². The molecule has 0 unspecified atom stereocenters. The summed E-state index contributed by atoms with van der Waals surface area (Å²) in [6.45, 7) is 5.04. The van der Waals surface area contributed by atoms with E-state index in [1.807, 2.05) is 0 Å². The fourth-order valence-electron chi connectivity index (χ4n) is 1.19. The Morgan fingerprint density at radius 3 is 2.88 bits per heavy atom. The monoisotopic (exact) mass is 230 g/mol. The van der Waals surface area contributed by atoms with Crippen molar-refractivity contribution in [3.8, 4) is 0 Å². The van der Waals surface area contributed by atoms with E-state index in [0.717, 1.165) is 0 Å². The zero-order valence-corrected chi connectivity index (χ0v) is 9.55. The Hall–Kier alpha value is -2.43. The number of amides is 1. The van der Waals surface area contributed by atoms with E-state index in [1.165, 1.54) is 6.20 Å². The molecule has 0 heterocycles. The predicted molar refractivity (Wildman–Crippen MR) is 70.1 cm³/mol. The number of hydrogen-bond donors (Lipinski definition) is 2. The number of nitrogen functional groups attached to an aromatic ring is 1. The molecule has 0 aromatic heterocycles. The number of aliphatic imine (C=N–C) groups is 2. The molecule has 0 radical (unpaired) electrons. The summed E-state index contributed by atoms with van der Waals surface area (Å²) >= 11 is 0. The molecule has 0 spiro atoms. The van der Waals surface area contributed by atoms with Crippen LogP contribution in [0.2, 0.25) is 0 Å². The molecule has 0 aliphatic carbocycles. The summed E-state index contributed by atoms with van der Waals surface area (Å²) in [5.41, 5.74) is 6.59. The molecule has 0 atom stereocenters. The average Bonchev–Trinajstić information content (AvgIpc) is 2.29. The maximum Gasteiger partial charge on any atom is 0.256 e. The molecular formula is C12H14N4O. The Labute approximate surface area is 99.8 Å². The zero-order chi connectivity index (χ0) is 12.7. The van der Waals surface area contributed by atoms with Gasteiger partial charge < -0.3 is 11.1 Å². The van der Waals surface area contributed by atoms with Crippen LogP contribution in [-0.4, -0.2) is 18.8 Å². The first-order chi connectivity index (χ1) is 8.17. The van der Waals surface area contributed by atoms with Crippen molar-refractivity contribution < 1.29 is 4.79 Å². The van der Waals surface area contributed by atoms with E-state index in [0.29, 0.717) is 17.1 Å². The molecule has 88 valence electrons. The van der Waals surface area contributed by atoms with Crippen molar-refractivity contribution in [1.29, 1.82) is 0 Å². The fourth-order valence-corrected chi connectivity index (χ4v) is 1.19. The second-order valence-corrected chi connectivity index (χ2v) is 3.16. The maximum atomic E-state index is 11.8. The van der Waals surface area contributed by atoms with E-state index in [4.69, 9.17) is 5.73 Å². The molecule has 0 aliphatic rings. The third kappa shape index (κ3) is 3.90. The van der Waals surface area contributed by atoms with Gasteiger partial charge in [-0.2, -0.15) is 0 Å². The van der Waals surface area contributed by atoms with Gasteiger partial charge in [0.15, 0.2) is 5.82 Å². The second-order valence-electron chi connectivity index (χ2n) is 3.16. The lowest BCUT2D eigenvalue weighted by atomic mass is 10.2. The van der Waals surface area contributed by atoms with Crippen LogP contribution in [0, 0.1) is 0 Å². The first kappa shape index (κ1) is 12.6. The second kappa shape index (κ2) is 6.22. The highest BCUT2D eigenvalue weighted by atomic mass is 16.1. The van der Waals surface area contributed by atoms with Crippen LogP contribution in [0.5, 0.6) is 0 Å². The van der Waals surface area contributed by atoms with Gasteiger partial charge in [-0.3, -0.25) is 9.79 Å². The van der Waals surface area contributed by atoms with E-state index < -0.39 is 0 Å². The summed E-state index contributed by atoms with van der Waals surface area (Å²) in [5.74, 6) is 0.0349. The maximum absolute atomic E-state index is 11.8. The summed E-state index contributed by atoms with van der Waals surface area (Å²) in [6.07, 6.45) is 2.92. The van der Waals surface area contributed by atoms with E-state index >= 15 is 0 Å². The number of carbonyl (C=O) groups is 1. The topological polar surface area (TPSA) is 79.8 Å². The van der Waals surface area contributed by atoms with Crippen molar-refractivity contribution in [2.45, 2.75) is 6.92 Å². The average molecular weight is 230 g/mol. The molecule has 0 bridgehead atoms. The van der Waals surface area contributed by atoms with Crippen LogP contribution in [0.4, 0.5) is 5.69 Å².